The van der Waals surface area contributed by atoms with Crippen molar-refractivity contribution < 1.29 is 14.7 Å². The van der Waals surface area contributed by atoms with E-state index in [0.29, 0.717) is 12.1 Å². The Hall–Kier alpha value is -1.75. The SMILES string of the molecule is NC(=O)c1c(Cl)cccc1NC1CCCCCC1C(=O)O. The Balaban J connectivity index is 2.28. The highest BCUT2D eigenvalue weighted by molar-refractivity contribution is 6.34. The number of amides is 1. The Morgan fingerprint density at radius 1 is 1.24 bits per heavy atom. The molecule has 1 aromatic rings. The number of anilines is 1. The number of hydrogen-bond donors (Lipinski definition) is 3. The maximum absolute atomic E-state index is 11.5. The van der Waals surface area contributed by atoms with Crippen LogP contribution in [0.15, 0.2) is 18.2 Å². The van der Waals surface area contributed by atoms with Crippen molar-refractivity contribution in [2.45, 2.75) is 38.1 Å². The molecule has 1 amide bonds. The maximum Gasteiger partial charge on any atom is 0.308 e. The number of primary amides is 1. The molecule has 5 nitrogen and oxygen atoms in total. The molecular weight excluding hydrogens is 292 g/mol. The number of aliphatic carboxylic acids is 1. The lowest BCUT2D eigenvalue weighted by Gasteiger charge is -2.25. The van der Waals surface area contributed by atoms with E-state index >= 15 is 0 Å². The quantitative estimate of drug-likeness (QED) is 0.746. The number of hydrogen-bond acceptors (Lipinski definition) is 3. The summed E-state index contributed by atoms with van der Waals surface area (Å²) in [5.74, 6) is -1.90. The number of benzene rings is 1. The van der Waals surface area contributed by atoms with Gasteiger partial charge in [-0.1, -0.05) is 36.9 Å². The first-order chi connectivity index (χ1) is 10.0. The van der Waals surface area contributed by atoms with Gasteiger partial charge in [-0.15, -0.1) is 0 Å². The van der Waals surface area contributed by atoms with Gasteiger partial charge < -0.3 is 16.2 Å². The van der Waals surface area contributed by atoms with Crippen molar-refractivity contribution in [1.82, 2.24) is 0 Å². The summed E-state index contributed by atoms with van der Waals surface area (Å²) in [4.78, 5) is 23.0. The van der Waals surface area contributed by atoms with E-state index in [1.807, 2.05) is 0 Å². The zero-order valence-corrected chi connectivity index (χ0v) is 12.4. The fourth-order valence-corrected chi connectivity index (χ4v) is 3.14. The molecule has 1 fully saturated rings. The molecule has 0 saturated heterocycles. The van der Waals surface area contributed by atoms with Crippen LogP contribution in [0.3, 0.4) is 0 Å². The van der Waals surface area contributed by atoms with Gasteiger partial charge in [-0.25, -0.2) is 0 Å². The van der Waals surface area contributed by atoms with E-state index < -0.39 is 17.8 Å². The normalized spacial score (nSPS) is 22.3. The van der Waals surface area contributed by atoms with Crippen molar-refractivity contribution in [2.75, 3.05) is 5.32 Å². The number of carbonyl (C=O) groups is 2. The third kappa shape index (κ3) is 3.67. The highest BCUT2D eigenvalue weighted by atomic mass is 35.5. The Morgan fingerprint density at radius 2 is 1.95 bits per heavy atom. The largest absolute Gasteiger partial charge is 0.481 e. The fourth-order valence-electron chi connectivity index (χ4n) is 2.87. The number of nitrogens with two attached hydrogens (primary N) is 1. The predicted octanol–water partition coefficient (Wildman–Crippen LogP) is 2.88. The molecular formula is C15H19ClN2O3. The van der Waals surface area contributed by atoms with Crippen LogP contribution in [0, 0.1) is 5.92 Å². The van der Waals surface area contributed by atoms with Crippen molar-refractivity contribution in [1.29, 1.82) is 0 Å². The maximum atomic E-state index is 11.5. The van der Waals surface area contributed by atoms with Gasteiger partial charge in [-0.2, -0.15) is 0 Å². The lowest BCUT2D eigenvalue weighted by atomic mass is 9.94. The second-order valence-corrected chi connectivity index (χ2v) is 5.77. The molecule has 0 bridgehead atoms. The number of carboxylic acids is 1. The van der Waals surface area contributed by atoms with Gasteiger partial charge in [-0.3, -0.25) is 9.59 Å². The summed E-state index contributed by atoms with van der Waals surface area (Å²) in [5.41, 5.74) is 6.09. The molecule has 114 valence electrons. The molecule has 6 heteroatoms. The monoisotopic (exact) mass is 310 g/mol. The van der Waals surface area contributed by atoms with Crippen LogP contribution in [0.25, 0.3) is 0 Å². The van der Waals surface area contributed by atoms with Crippen molar-refractivity contribution in [2.24, 2.45) is 11.7 Å². The Kier molecular flexibility index (Phi) is 5.07. The topological polar surface area (TPSA) is 92.4 Å². The molecule has 1 aromatic carbocycles. The van der Waals surface area contributed by atoms with Crippen LogP contribution >= 0.6 is 11.6 Å². The van der Waals surface area contributed by atoms with E-state index in [1.165, 1.54) is 0 Å². The average molecular weight is 311 g/mol. The standard InChI is InChI=1S/C15H19ClN2O3/c16-10-6-4-8-12(13(10)14(17)19)18-11-7-3-1-2-5-9(11)15(20)21/h4,6,8-9,11,18H,1-3,5,7H2,(H2,17,19)(H,20,21). The van der Waals surface area contributed by atoms with E-state index in [9.17, 15) is 14.7 Å². The Morgan fingerprint density at radius 3 is 2.62 bits per heavy atom. The van der Waals surface area contributed by atoms with Crippen LogP contribution in [0.2, 0.25) is 5.02 Å². The molecule has 4 N–H and O–H groups in total. The summed E-state index contributed by atoms with van der Waals surface area (Å²) in [6.07, 6.45) is 4.29. The fraction of sp³-hybridized carbons (Fsp3) is 0.467. The molecule has 0 spiro atoms. The van der Waals surface area contributed by atoms with E-state index in [-0.39, 0.29) is 16.6 Å². The van der Waals surface area contributed by atoms with Crippen molar-refractivity contribution >= 4 is 29.2 Å². The second-order valence-electron chi connectivity index (χ2n) is 5.36. The molecule has 1 aliphatic rings. The van der Waals surface area contributed by atoms with Crippen LogP contribution in [0.5, 0.6) is 0 Å². The Labute approximate surface area is 128 Å². The summed E-state index contributed by atoms with van der Waals surface area (Å²) >= 11 is 6.02. The molecule has 2 atom stereocenters. The van der Waals surface area contributed by atoms with Gasteiger partial charge in [-0.05, 0) is 25.0 Å². The van der Waals surface area contributed by atoms with E-state index in [0.717, 1.165) is 25.7 Å². The van der Waals surface area contributed by atoms with Crippen molar-refractivity contribution in [3.8, 4) is 0 Å². The van der Waals surface area contributed by atoms with Crippen LogP contribution in [-0.2, 0) is 4.79 Å². The third-order valence-corrected chi connectivity index (χ3v) is 4.25. The summed E-state index contributed by atoms with van der Waals surface area (Å²) in [6.45, 7) is 0. The zero-order chi connectivity index (χ0) is 15.4. The van der Waals surface area contributed by atoms with Gasteiger partial charge in [0.05, 0.1) is 16.5 Å². The molecule has 2 rings (SSSR count). The van der Waals surface area contributed by atoms with Crippen LogP contribution in [0.1, 0.15) is 42.5 Å². The number of carboxylic acid groups (broad SMARTS) is 1. The van der Waals surface area contributed by atoms with Gasteiger partial charge >= 0.3 is 5.97 Å². The van der Waals surface area contributed by atoms with Gasteiger partial charge in [0, 0.05) is 11.7 Å². The lowest BCUT2D eigenvalue weighted by Crippen LogP contribution is -2.34. The highest BCUT2D eigenvalue weighted by Gasteiger charge is 2.30. The summed E-state index contributed by atoms with van der Waals surface area (Å²) < 4.78 is 0. The Bertz CT molecular complexity index is 548. The number of halogens is 1. The lowest BCUT2D eigenvalue weighted by molar-refractivity contribution is -0.142. The van der Waals surface area contributed by atoms with Gasteiger partial charge in [0.2, 0.25) is 0 Å². The van der Waals surface area contributed by atoms with Gasteiger partial charge in [0.25, 0.3) is 5.91 Å². The number of nitrogens with one attached hydrogen (secondary N) is 1. The van der Waals surface area contributed by atoms with Crippen molar-refractivity contribution in [3.05, 3.63) is 28.8 Å². The average Bonchev–Trinajstić information content (AvgIpc) is 2.63. The number of carbonyl (C=O) groups excluding carboxylic acids is 1. The summed E-state index contributed by atoms with van der Waals surface area (Å²) in [5, 5.41) is 12.8. The molecule has 1 saturated carbocycles. The summed E-state index contributed by atoms with van der Waals surface area (Å²) in [7, 11) is 0. The van der Waals surface area contributed by atoms with Crippen molar-refractivity contribution in [3.63, 3.8) is 0 Å². The molecule has 0 aliphatic heterocycles. The first kappa shape index (κ1) is 15.6. The van der Waals surface area contributed by atoms with Gasteiger partial charge in [0.15, 0.2) is 0 Å². The molecule has 21 heavy (non-hydrogen) atoms. The number of rotatable bonds is 4. The molecule has 2 unspecified atom stereocenters. The van der Waals surface area contributed by atoms with E-state index in [2.05, 4.69) is 5.32 Å². The second kappa shape index (κ2) is 6.80. The smallest absolute Gasteiger partial charge is 0.308 e. The zero-order valence-electron chi connectivity index (χ0n) is 11.6. The first-order valence-electron chi connectivity index (χ1n) is 7.08. The third-order valence-electron chi connectivity index (χ3n) is 3.93. The van der Waals surface area contributed by atoms with Crippen LogP contribution < -0.4 is 11.1 Å². The first-order valence-corrected chi connectivity index (χ1v) is 7.46. The minimum atomic E-state index is -0.808. The van der Waals surface area contributed by atoms with Crippen LogP contribution in [-0.4, -0.2) is 23.0 Å². The highest BCUT2D eigenvalue weighted by Crippen LogP contribution is 2.30. The molecule has 0 radical (unpaired) electrons. The minimum Gasteiger partial charge on any atom is -0.481 e. The van der Waals surface area contributed by atoms with E-state index in [1.54, 1.807) is 18.2 Å². The molecule has 1 aliphatic carbocycles. The molecule has 0 aromatic heterocycles. The predicted molar refractivity (Wildman–Crippen MR) is 81.6 cm³/mol. The minimum absolute atomic E-state index is 0.215. The molecule has 0 heterocycles. The van der Waals surface area contributed by atoms with E-state index in [4.69, 9.17) is 17.3 Å². The summed E-state index contributed by atoms with van der Waals surface area (Å²) in [6, 6.07) is 4.79. The van der Waals surface area contributed by atoms with Gasteiger partial charge in [0.1, 0.15) is 0 Å². The van der Waals surface area contributed by atoms with Crippen LogP contribution in [0.4, 0.5) is 5.69 Å².